The molecule has 0 N–H and O–H groups in total. The Morgan fingerprint density at radius 1 is 0.750 bits per heavy atom. The Kier molecular flexibility index (Phi) is 460. The summed E-state index contributed by atoms with van der Waals surface area (Å²) in [6.45, 7) is 0. The van der Waals surface area contributed by atoms with Crippen molar-refractivity contribution >= 4 is 40.4 Å². The molecule has 16 valence electrons. The summed E-state index contributed by atoms with van der Waals surface area (Å²) in [5, 5.41) is 0. The van der Waals surface area contributed by atoms with Crippen LogP contribution in [0.3, 0.4) is 0 Å². The van der Waals surface area contributed by atoms with E-state index >= 15 is 0 Å². The second-order valence-electron chi connectivity index (χ2n) is 0. The van der Waals surface area contributed by atoms with Crippen molar-refractivity contribution in [1.29, 1.82) is 0 Å². The Hall–Kier alpha value is 1.22. The van der Waals surface area contributed by atoms with Crippen molar-refractivity contribution in [3.05, 3.63) is 0 Å². The number of hydrogen-bond donors (Lipinski definition) is 0. The molecule has 0 aromatic rings. The van der Waals surface area contributed by atoms with Crippen LogP contribution in [0.1, 0.15) is 0 Å². The van der Waals surface area contributed by atoms with Crippen LogP contribution in [0, 0.1) is 0 Å². The first-order chi connectivity index (χ1) is 0. The van der Waals surface area contributed by atoms with Crippen LogP contribution in [0.4, 0.5) is 0 Å². The predicted octanol–water partition coefficient (Wildman–Crippen LogP) is -0.999. The van der Waals surface area contributed by atoms with Gasteiger partial charge in [-0.15, -0.1) is 0 Å². The molecule has 0 rings (SSSR count). The molecule has 0 saturated heterocycles. The fourth-order valence-electron chi connectivity index (χ4n) is 0. The maximum absolute atomic E-state index is 0. The fraction of sp³-hybridized carbons (Fsp3) is 0. The van der Waals surface area contributed by atoms with E-state index in [2.05, 4.69) is 0 Å². The molecular formula is AlMgO2+. The van der Waals surface area contributed by atoms with Crippen LogP contribution in [0.15, 0.2) is 0 Å². The van der Waals surface area contributed by atoms with E-state index in [-0.39, 0.29) is 51.4 Å². The Bertz CT molecular complexity index is 6.00. The summed E-state index contributed by atoms with van der Waals surface area (Å²) >= 11 is 0. The van der Waals surface area contributed by atoms with Crippen LogP contribution in [-0.2, 0) is 11.0 Å². The average Bonchev–Trinajstić information content (AvgIpc) is 0. The van der Waals surface area contributed by atoms with Gasteiger partial charge in [-0.05, 0) is 0 Å². The molecule has 4 heteroatoms. The zero-order valence-electron chi connectivity index (χ0n) is 2.10. The molecule has 0 radical (unpaired) electrons. The zero-order valence-corrected chi connectivity index (χ0v) is 4.67. The minimum Gasteiger partial charge on any atom is -2.00 e. The van der Waals surface area contributed by atoms with Gasteiger partial charge in [-0.1, -0.05) is 0 Å². The van der Waals surface area contributed by atoms with Crippen molar-refractivity contribution in [3.8, 4) is 0 Å². The van der Waals surface area contributed by atoms with Crippen molar-refractivity contribution in [3.63, 3.8) is 0 Å². The second-order valence-corrected chi connectivity index (χ2v) is 0. The van der Waals surface area contributed by atoms with Gasteiger partial charge >= 0.3 is 40.4 Å². The van der Waals surface area contributed by atoms with Crippen LogP contribution in [-0.4, -0.2) is 40.4 Å². The summed E-state index contributed by atoms with van der Waals surface area (Å²) in [6, 6.07) is 0. The van der Waals surface area contributed by atoms with E-state index in [9.17, 15) is 0 Å². The van der Waals surface area contributed by atoms with Crippen molar-refractivity contribution in [2.24, 2.45) is 0 Å². The minimum absolute atomic E-state index is 0. The summed E-state index contributed by atoms with van der Waals surface area (Å²) in [4.78, 5) is 0. The molecule has 2 nitrogen and oxygen atoms in total. The zero-order chi connectivity index (χ0) is 0. The largest absolute Gasteiger partial charge is 3.00 e. The molecule has 0 atom stereocenters. The van der Waals surface area contributed by atoms with Crippen molar-refractivity contribution in [1.82, 2.24) is 0 Å². The van der Waals surface area contributed by atoms with Gasteiger partial charge in [-0.25, -0.2) is 0 Å². The first kappa shape index (κ1) is 62.5. The van der Waals surface area contributed by atoms with E-state index < -0.39 is 0 Å². The van der Waals surface area contributed by atoms with Gasteiger partial charge in [-0.3, -0.25) is 0 Å². The monoisotopic (exact) mass is 83.0 g/mol. The smallest absolute Gasteiger partial charge is 2.00 e. The van der Waals surface area contributed by atoms with Crippen LogP contribution >= 0.6 is 0 Å². The molecule has 0 aliphatic heterocycles. The average molecular weight is 83.3 g/mol. The first-order valence-corrected chi connectivity index (χ1v) is 0. The van der Waals surface area contributed by atoms with Gasteiger partial charge in [0.25, 0.3) is 0 Å². The van der Waals surface area contributed by atoms with Crippen LogP contribution in [0.25, 0.3) is 0 Å². The number of rotatable bonds is 0. The summed E-state index contributed by atoms with van der Waals surface area (Å²) in [5.74, 6) is 0. The molecule has 0 aliphatic carbocycles. The fourth-order valence-corrected chi connectivity index (χ4v) is 0. The van der Waals surface area contributed by atoms with Gasteiger partial charge in [0.05, 0.1) is 0 Å². The van der Waals surface area contributed by atoms with E-state index in [0.717, 1.165) is 0 Å². The molecular weight excluding hydrogens is 83.3 g/mol. The van der Waals surface area contributed by atoms with Crippen molar-refractivity contribution < 1.29 is 11.0 Å². The molecule has 0 bridgehead atoms. The second kappa shape index (κ2) is 29.4. The SMILES string of the molecule is [Al+3].[Mg+2].[O-2].[O-2]. The minimum atomic E-state index is 0. The van der Waals surface area contributed by atoms with Gasteiger partial charge in [0, 0.05) is 0 Å². The number of hydrogen-bond acceptors (Lipinski definition) is 0. The van der Waals surface area contributed by atoms with Crippen molar-refractivity contribution in [2.45, 2.75) is 0 Å². The molecule has 0 unspecified atom stereocenters. The molecule has 0 aromatic carbocycles. The predicted molar refractivity (Wildman–Crippen MR) is 12.9 cm³/mol. The Balaban J connectivity index is 0. The van der Waals surface area contributed by atoms with Gasteiger partial charge < -0.3 is 11.0 Å². The van der Waals surface area contributed by atoms with E-state index in [1.54, 1.807) is 0 Å². The van der Waals surface area contributed by atoms with E-state index in [4.69, 9.17) is 0 Å². The Labute approximate surface area is 51.5 Å². The molecule has 0 spiro atoms. The van der Waals surface area contributed by atoms with E-state index in [0.29, 0.717) is 0 Å². The third-order valence-electron chi connectivity index (χ3n) is 0. The summed E-state index contributed by atoms with van der Waals surface area (Å²) in [6.07, 6.45) is 0. The van der Waals surface area contributed by atoms with Crippen LogP contribution < -0.4 is 0 Å². The van der Waals surface area contributed by atoms with Gasteiger partial charge in [0.1, 0.15) is 0 Å². The van der Waals surface area contributed by atoms with Crippen LogP contribution in [0.2, 0.25) is 0 Å². The van der Waals surface area contributed by atoms with E-state index in [1.807, 2.05) is 0 Å². The van der Waals surface area contributed by atoms with E-state index in [1.165, 1.54) is 0 Å². The summed E-state index contributed by atoms with van der Waals surface area (Å²) in [5.41, 5.74) is 0. The Morgan fingerprint density at radius 2 is 0.750 bits per heavy atom. The summed E-state index contributed by atoms with van der Waals surface area (Å²) < 4.78 is 0. The third-order valence-corrected chi connectivity index (χ3v) is 0. The van der Waals surface area contributed by atoms with Gasteiger partial charge in [0.2, 0.25) is 0 Å². The van der Waals surface area contributed by atoms with Gasteiger partial charge in [-0.2, -0.15) is 0 Å². The Morgan fingerprint density at radius 3 is 0.750 bits per heavy atom. The molecule has 0 aliphatic rings. The van der Waals surface area contributed by atoms with Crippen LogP contribution in [0.5, 0.6) is 0 Å². The standard InChI is InChI=1S/Al.Mg.2O/q+3;+2;2*-2. The topological polar surface area (TPSA) is 57.0 Å². The molecule has 0 amide bonds. The molecule has 0 fully saturated rings. The maximum Gasteiger partial charge on any atom is 3.00 e. The maximum atomic E-state index is 0. The van der Waals surface area contributed by atoms with Crippen molar-refractivity contribution in [2.75, 3.05) is 0 Å². The van der Waals surface area contributed by atoms with Gasteiger partial charge in [0.15, 0.2) is 0 Å². The normalized spacial score (nSPS) is 0. The molecule has 0 saturated carbocycles. The first-order valence-electron chi connectivity index (χ1n) is 0. The molecule has 0 heterocycles. The molecule has 4 heavy (non-hydrogen) atoms. The molecule has 0 aromatic heterocycles. The summed E-state index contributed by atoms with van der Waals surface area (Å²) in [7, 11) is 0. The third kappa shape index (κ3) is 10.7. The quantitative estimate of drug-likeness (QED) is 0.337.